The second-order valence-electron chi connectivity index (χ2n) is 3.69. The van der Waals surface area contributed by atoms with Crippen LogP contribution in [-0.2, 0) is 6.42 Å². The molecule has 2 aromatic rings. The molecule has 90 valence electrons. The zero-order chi connectivity index (χ0) is 12.5. The molecule has 0 saturated heterocycles. The van der Waals surface area contributed by atoms with Gasteiger partial charge in [-0.1, -0.05) is 13.3 Å². The highest BCUT2D eigenvalue weighted by Gasteiger charge is 1.98. The smallest absolute Gasteiger partial charge is 0.0618 e. The summed E-state index contributed by atoms with van der Waals surface area (Å²) in [4.78, 5) is 16.1. The van der Waals surface area contributed by atoms with Crippen molar-refractivity contribution in [2.24, 2.45) is 0 Å². The molecule has 0 aliphatic heterocycles. The first-order valence-corrected chi connectivity index (χ1v) is 5.73. The summed E-state index contributed by atoms with van der Waals surface area (Å²) in [5.41, 5.74) is 3.23. The first-order chi connectivity index (χ1) is 8.24. The van der Waals surface area contributed by atoms with Gasteiger partial charge in [0.15, 0.2) is 0 Å². The van der Waals surface area contributed by atoms with E-state index in [1.807, 2.05) is 20.0 Å². The molecule has 0 aliphatic carbocycles. The van der Waals surface area contributed by atoms with E-state index in [1.54, 1.807) is 24.8 Å². The van der Waals surface area contributed by atoms with Crippen LogP contribution >= 0.6 is 0 Å². The highest BCUT2D eigenvalue weighted by molar-refractivity contribution is 5.11. The molecule has 0 N–H and O–H groups in total. The third-order valence-corrected chi connectivity index (χ3v) is 2.14. The van der Waals surface area contributed by atoms with Crippen LogP contribution in [0.5, 0.6) is 0 Å². The zero-order valence-electron chi connectivity index (χ0n) is 10.6. The van der Waals surface area contributed by atoms with Gasteiger partial charge in [-0.25, -0.2) is 0 Å². The fourth-order valence-electron chi connectivity index (χ4n) is 1.31. The van der Waals surface area contributed by atoms with E-state index >= 15 is 0 Å². The molecule has 0 bridgehead atoms. The molecule has 4 nitrogen and oxygen atoms in total. The second kappa shape index (κ2) is 7.44. The van der Waals surface area contributed by atoms with E-state index in [9.17, 15) is 0 Å². The molecule has 0 saturated carbocycles. The summed E-state index contributed by atoms with van der Waals surface area (Å²) in [6.45, 7) is 6.15. The predicted molar refractivity (Wildman–Crippen MR) is 67.5 cm³/mol. The van der Waals surface area contributed by atoms with E-state index in [-0.39, 0.29) is 0 Å². The van der Waals surface area contributed by atoms with Crippen molar-refractivity contribution >= 4 is 0 Å². The number of aryl methyl sites for hydroxylation is 3. The minimum absolute atomic E-state index is 1.01. The predicted octanol–water partition coefficient (Wildman–Crippen LogP) is 2.52. The average Bonchev–Trinajstić information content (AvgIpc) is 2.37. The third-order valence-electron chi connectivity index (χ3n) is 2.14. The Morgan fingerprint density at radius 2 is 1.59 bits per heavy atom. The Hall–Kier alpha value is -1.84. The SMILES string of the molecule is CCCc1nc(C)cnc1C.c1cnccn1. The number of aromatic nitrogens is 4. The molecule has 0 atom stereocenters. The minimum Gasteiger partial charge on any atom is -0.262 e. The van der Waals surface area contributed by atoms with Crippen LogP contribution in [-0.4, -0.2) is 19.9 Å². The molecule has 2 aromatic heterocycles. The van der Waals surface area contributed by atoms with Gasteiger partial charge in [-0.15, -0.1) is 0 Å². The fraction of sp³-hybridized carbons (Fsp3) is 0.385. The van der Waals surface area contributed by atoms with E-state index in [4.69, 9.17) is 0 Å². The lowest BCUT2D eigenvalue weighted by molar-refractivity contribution is 0.841. The zero-order valence-corrected chi connectivity index (χ0v) is 10.6. The molecule has 0 amide bonds. The van der Waals surface area contributed by atoms with Crippen LogP contribution in [0.1, 0.15) is 30.4 Å². The van der Waals surface area contributed by atoms with Crippen LogP contribution in [0.2, 0.25) is 0 Å². The van der Waals surface area contributed by atoms with Gasteiger partial charge in [0.25, 0.3) is 0 Å². The molecule has 0 radical (unpaired) electrons. The van der Waals surface area contributed by atoms with Crippen molar-refractivity contribution in [3.8, 4) is 0 Å². The van der Waals surface area contributed by atoms with E-state index in [0.717, 1.165) is 29.9 Å². The van der Waals surface area contributed by atoms with Gasteiger partial charge in [-0.3, -0.25) is 19.9 Å². The molecule has 0 aliphatic rings. The Morgan fingerprint density at radius 3 is 2.06 bits per heavy atom. The summed E-state index contributed by atoms with van der Waals surface area (Å²) in [5, 5.41) is 0. The fourth-order valence-corrected chi connectivity index (χ4v) is 1.31. The lowest BCUT2D eigenvalue weighted by Gasteiger charge is -2.02. The molecule has 0 spiro atoms. The summed E-state index contributed by atoms with van der Waals surface area (Å²) in [7, 11) is 0. The second-order valence-corrected chi connectivity index (χ2v) is 3.69. The Balaban J connectivity index is 0.000000202. The minimum atomic E-state index is 1.01. The average molecular weight is 230 g/mol. The van der Waals surface area contributed by atoms with Gasteiger partial charge >= 0.3 is 0 Å². The van der Waals surface area contributed by atoms with Gasteiger partial charge in [-0.2, -0.15) is 0 Å². The Labute approximate surface area is 102 Å². The third kappa shape index (κ3) is 5.15. The largest absolute Gasteiger partial charge is 0.262 e. The van der Waals surface area contributed by atoms with Crippen LogP contribution in [0.3, 0.4) is 0 Å². The normalized spacial score (nSPS) is 9.35. The molecule has 17 heavy (non-hydrogen) atoms. The highest BCUT2D eigenvalue weighted by Crippen LogP contribution is 2.04. The molecule has 0 unspecified atom stereocenters. The number of rotatable bonds is 2. The molecule has 2 rings (SSSR count). The van der Waals surface area contributed by atoms with Gasteiger partial charge in [0.2, 0.25) is 0 Å². The standard InChI is InChI=1S/C9H14N2.C4H4N2/c1-4-5-9-8(3)10-6-7(2)11-9;1-2-6-4-3-5-1/h6H,4-5H2,1-3H3;1-4H. The topological polar surface area (TPSA) is 51.6 Å². The summed E-state index contributed by atoms with van der Waals surface area (Å²) in [5.74, 6) is 0. The maximum Gasteiger partial charge on any atom is 0.0618 e. The number of hydrogen-bond acceptors (Lipinski definition) is 4. The van der Waals surface area contributed by atoms with Crippen molar-refractivity contribution < 1.29 is 0 Å². The monoisotopic (exact) mass is 230 g/mol. The van der Waals surface area contributed by atoms with Gasteiger partial charge in [0.05, 0.1) is 17.1 Å². The van der Waals surface area contributed by atoms with Crippen LogP contribution in [0.4, 0.5) is 0 Å². The summed E-state index contributed by atoms with van der Waals surface area (Å²) in [6.07, 6.45) is 10.5. The lowest BCUT2D eigenvalue weighted by Crippen LogP contribution is -1.98. The van der Waals surface area contributed by atoms with Crippen molar-refractivity contribution in [1.29, 1.82) is 0 Å². The maximum absolute atomic E-state index is 4.40. The van der Waals surface area contributed by atoms with E-state index in [1.165, 1.54) is 0 Å². The van der Waals surface area contributed by atoms with Gasteiger partial charge in [0.1, 0.15) is 0 Å². The summed E-state index contributed by atoms with van der Waals surface area (Å²) >= 11 is 0. The van der Waals surface area contributed by atoms with Crippen LogP contribution in [0.15, 0.2) is 31.0 Å². The summed E-state index contributed by atoms with van der Waals surface area (Å²) < 4.78 is 0. The number of hydrogen-bond donors (Lipinski definition) is 0. The number of nitrogens with zero attached hydrogens (tertiary/aromatic N) is 4. The summed E-state index contributed by atoms with van der Waals surface area (Å²) in [6, 6.07) is 0. The van der Waals surface area contributed by atoms with Gasteiger partial charge in [0, 0.05) is 31.0 Å². The van der Waals surface area contributed by atoms with Crippen LogP contribution in [0, 0.1) is 13.8 Å². The Bertz CT molecular complexity index is 402. The van der Waals surface area contributed by atoms with Gasteiger partial charge in [-0.05, 0) is 20.3 Å². The molecular weight excluding hydrogens is 212 g/mol. The molecule has 0 fully saturated rings. The van der Waals surface area contributed by atoms with E-state index in [2.05, 4.69) is 26.9 Å². The molecule has 4 heteroatoms. The van der Waals surface area contributed by atoms with Crippen molar-refractivity contribution in [2.75, 3.05) is 0 Å². The first-order valence-electron chi connectivity index (χ1n) is 5.73. The lowest BCUT2D eigenvalue weighted by atomic mass is 10.2. The van der Waals surface area contributed by atoms with Crippen molar-refractivity contribution in [2.45, 2.75) is 33.6 Å². The van der Waals surface area contributed by atoms with Crippen LogP contribution in [0.25, 0.3) is 0 Å². The molecule has 2 heterocycles. The van der Waals surface area contributed by atoms with Crippen molar-refractivity contribution in [1.82, 2.24) is 19.9 Å². The van der Waals surface area contributed by atoms with Gasteiger partial charge < -0.3 is 0 Å². The van der Waals surface area contributed by atoms with E-state index in [0.29, 0.717) is 0 Å². The van der Waals surface area contributed by atoms with Crippen molar-refractivity contribution in [3.63, 3.8) is 0 Å². The first kappa shape index (κ1) is 13.2. The highest BCUT2D eigenvalue weighted by atomic mass is 14.8. The maximum atomic E-state index is 4.40. The van der Waals surface area contributed by atoms with Crippen molar-refractivity contribution in [3.05, 3.63) is 48.1 Å². The Morgan fingerprint density at radius 1 is 1.00 bits per heavy atom. The van der Waals surface area contributed by atoms with Crippen LogP contribution < -0.4 is 0 Å². The quantitative estimate of drug-likeness (QED) is 0.795. The molecule has 0 aromatic carbocycles. The van der Waals surface area contributed by atoms with E-state index < -0.39 is 0 Å². The molecular formula is C13H18N4. The Kier molecular flexibility index (Phi) is 5.79.